The fraction of sp³-hybridized carbons (Fsp3) is 0.440. The Bertz CT molecular complexity index is 843. The number of nitrogens with one attached hydrogen (secondary N) is 1. The zero-order valence-corrected chi connectivity index (χ0v) is 18.2. The Morgan fingerprint density at radius 1 is 0.933 bits per heavy atom. The van der Waals surface area contributed by atoms with Gasteiger partial charge in [-0.2, -0.15) is 0 Å². The normalized spacial score (nSPS) is 14.5. The lowest BCUT2D eigenvalue weighted by molar-refractivity contribution is -0.121. The molecule has 1 aliphatic rings. The highest BCUT2D eigenvalue weighted by Gasteiger charge is 2.17. The third-order valence-electron chi connectivity index (χ3n) is 5.74. The summed E-state index contributed by atoms with van der Waals surface area (Å²) in [7, 11) is 0. The molecule has 0 aliphatic carbocycles. The van der Waals surface area contributed by atoms with Gasteiger partial charge in [0.25, 0.3) is 0 Å². The maximum absolute atomic E-state index is 12.4. The Balaban J connectivity index is 1.29. The molecule has 0 unspecified atom stereocenters. The van der Waals surface area contributed by atoms with Crippen molar-refractivity contribution in [2.75, 3.05) is 44.2 Å². The van der Waals surface area contributed by atoms with Crippen molar-refractivity contribution >= 4 is 17.4 Å². The molecule has 1 heterocycles. The number of Topliss-reactive ketones (excluding diaryl/α,β-unsaturated/α-hetero) is 1. The van der Waals surface area contributed by atoms with E-state index in [9.17, 15) is 9.59 Å². The maximum atomic E-state index is 12.4. The number of hydrogen-bond acceptors (Lipinski definition) is 4. The summed E-state index contributed by atoms with van der Waals surface area (Å²) in [4.78, 5) is 29.4. The van der Waals surface area contributed by atoms with Crippen LogP contribution >= 0.6 is 0 Å². The van der Waals surface area contributed by atoms with Crippen LogP contribution in [0.3, 0.4) is 0 Å². The van der Waals surface area contributed by atoms with Gasteiger partial charge in [-0.25, -0.2) is 0 Å². The van der Waals surface area contributed by atoms with Gasteiger partial charge in [-0.05, 0) is 50.6 Å². The molecule has 1 amide bonds. The molecule has 1 saturated heterocycles. The molecule has 5 nitrogen and oxygen atoms in total. The summed E-state index contributed by atoms with van der Waals surface area (Å²) >= 11 is 0. The van der Waals surface area contributed by atoms with Crippen molar-refractivity contribution in [2.45, 2.75) is 33.1 Å². The third-order valence-corrected chi connectivity index (χ3v) is 5.74. The molecular formula is C25H33N3O2. The first-order valence-corrected chi connectivity index (χ1v) is 10.9. The van der Waals surface area contributed by atoms with Crippen molar-refractivity contribution in [1.29, 1.82) is 0 Å². The first-order chi connectivity index (χ1) is 14.5. The zero-order valence-electron chi connectivity index (χ0n) is 18.2. The molecule has 0 saturated carbocycles. The van der Waals surface area contributed by atoms with Gasteiger partial charge in [0.05, 0.1) is 0 Å². The molecule has 1 fully saturated rings. The van der Waals surface area contributed by atoms with Gasteiger partial charge >= 0.3 is 0 Å². The van der Waals surface area contributed by atoms with E-state index in [4.69, 9.17) is 0 Å². The van der Waals surface area contributed by atoms with Gasteiger partial charge in [-0.1, -0.05) is 35.9 Å². The molecule has 160 valence electrons. The lowest BCUT2D eigenvalue weighted by Crippen LogP contribution is -2.47. The van der Waals surface area contributed by atoms with Gasteiger partial charge in [0.15, 0.2) is 5.78 Å². The Labute approximate surface area is 180 Å². The van der Waals surface area contributed by atoms with E-state index in [-0.39, 0.29) is 24.5 Å². The van der Waals surface area contributed by atoms with Crippen LogP contribution in [0.2, 0.25) is 0 Å². The predicted octanol–water partition coefficient (Wildman–Crippen LogP) is 3.59. The van der Waals surface area contributed by atoms with E-state index in [0.717, 1.165) is 55.8 Å². The average molecular weight is 408 g/mol. The fourth-order valence-electron chi connectivity index (χ4n) is 3.89. The topological polar surface area (TPSA) is 52.7 Å². The number of benzene rings is 2. The van der Waals surface area contributed by atoms with Crippen LogP contribution in [0.25, 0.3) is 0 Å². The molecule has 30 heavy (non-hydrogen) atoms. The smallest absolute Gasteiger partial charge is 0.220 e. The molecule has 5 heteroatoms. The lowest BCUT2D eigenvalue weighted by atomic mass is 9.99. The second kappa shape index (κ2) is 10.9. The standard InChI is InChI=1S/C25H33N3O2/c1-20-9-10-21(2)23(19-20)24(29)11-12-25(30)26-13-6-14-27-15-17-28(18-16-27)22-7-4-3-5-8-22/h3-5,7-10,19H,6,11-18H2,1-2H3,(H,26,30). The first-order valence-electron chi connectivity index (χ1n) is 10.9. The molecular weight excluding hydrogens is 374 g/mol. The van der Waals surface area contributed by atoms with Crippen molar-refractivity contribution in [3.8, 4) is 0 Å². The monoisotopic (exact) mass is 407 g/mol. The third kappa shape index (κ3) is 6.42. The van der Waals surface area contributed by atoms with Gasteiger partial charge in [-0.15, -0.1) is 0 Å². The van der Waals surface area contributed by atoms with Crippen LogP contribution in [-0.2, 0) is 4.79 Å². The molecule has 0 atom stereocenters. The van der Waals surface area contributed by atoms with E-state index in [0.29, 0.717) is 6.54 Å². The minimum Gasteiger partial charge on any atom is -0.369 e. The Morgan fingerprint density at radius 3 is 2.40 bits per heavy atom. The summed E-state index contributed by atoms with van der Waals surface area (Å²) in [6, 6.07) is 16.4. The summed E-state index contributed by atoms with van der Waals surface area (Å²) in [5.74, 6) is 0.00481. The van der Waals surface area contributed by atoms with Crippen LogP contribution in [-0.4, -0.2) is 55.9 Å². The minimum absolute atomic E-state index is 0.0393. The number of hydrogen-bond donors (Lipinski definition) is 1. The van der Waals surface area contributed by atoms with Crippen molar-refractivity contribution in [3.05, 3.63) is 65.2 Å². The van der Waals surface area contributed by atoms with Crippen LogP contribution in [0.4, 0.5) is 5.69 Å². The molecule has 0 aromatic heterocycles. The number of ketones is 1. The molecule has 2 aromatic carbocycles. The molecule has 0 bridgehead atoms. The SMILES string of the molecule is Cc1ccc(C)c(C(=O)CCC(=O)NCCCN2CCN(c3ccccc3)CC2)c1. The summed E-state index contributed by atoms with van der Waals surface area (Å²) in [5, 5.41) is 2.96. The first kappa shape index (κ1) is 22.0. The van der Waals surface area contributed by atoms with Crippen molar-refractivity contribution in [3.63, 3.8) is 0 Å². The summed E-state index contributed by atoms with van der Waals surface area (Å²) < 4.78 is 0. The molecule has 2 aromatic rings. The number of rotatable bonds is 9. The predicted molar refractivity (Wildman–Crippen MR) is 122 cm³/mol. The van der Waals surface area contributed by atoms with Crippen molar-refractivity contribution in [2.24, 2.45) is 0 Å². The van der Waals surface area contributed by atoms with Crippen LogP contribution in [0.5, 0.6) is 0 Å². The minimum atomic E-state index is -0.0393. The highest BCUT2D eigenvalue weighted by molar-refractivity contribution is 5.99. The summed E-state index contributed by atoms with van der Waals surface area (Å²) in [6.45, 7) is 9.74. The fourth-order valence-corrected chi connectivity index (χ4v) is 3.89. The number of amides is 1. The van der Waals surface area contributed by atoms with E-state index in [1.54, 1.807) is 0 Å². The van der Waals surface area contributed by atoms with Gasteiger partial charge < -0.3 is 10.2 Å². The highest BCUT2D eigenvalue weighted by Crippen LogP contribution is 2.16. The summed E-state index contributed by atoms with van der Waals surface area (Å²) in [5.41, 5.74) is 4.06. The number of anilines is 1. The van der Waals surface area contributed by atoms with E-state index in [1.807, 2.05) is 38.1 Å². The second-order valence-electron chi connectivity index (χ2n) is 8.11. The lowest BCUT2D eigenvalue weighted by Gasteiger charge is -2.36. The number of aryl methyl sites for hydroxylation is 2. The van der Waals surface area contributed by atoms with Crippen LogP contribution in [0.1, 0.15) is 40.7 Å². The van der Waals surface area contributed by atoms with Crippen molar-refractivity contribution < 1.29 is 9.59 Å². The molecule has 1 aliphatic heterocycles. The zero-order chi connectivity index (χ0) is 21.3. The van der Waals surface area contributed by atoms with E-state index in [1.165, 1.54) is 5.69 Å². The summed E-state index contributed by atoms with van der Waals surface area (Å²) in [6.07, 6.45) is 1.45. The highest BCUT2D eigenvalue weighted by atomic mass is 16.2. The number of carbonyl (C=O) groups excluding carboxylic acids is 2. The van der Waals surface area contributed by atoms with Crippen LogP contribution in [0.15, 0.2) is 48.5 Å². The molecule has 3 rings (SSSR count). The molecule has 1 N–H and O–H groups in total. The van der Waals surface area contributed by atoms with Gasteiger partial charge in [0.2, 0.25) is 5.91 Å². The number of nitrogens with zero attached hydrogens (tertiary/aromatic N) is 2. The Kier molecular flexibility index (Phi) is 8.03. The van der Waals surface area contributed by atoms with Crippen LogP contribution in [0, 0.1) is 13.8 Å². The van der Waals surface area contributed by atoms with Gasteiger partial charge in [0, 0.05) is 56.8 Å². The quantitative estimate of drug-likeness (QED) is 0.510. The largest absolute Gasteiger partial charge is 0.369 e. The van der Waals surface area contributed by atoms with Crippen molar-refractivity contribution in [1.82, 2.24) is 10.2 Å². The maximum Gasteiger partial charge on any atom is 0.220 e. The number of carbonyl (C=O) groups is 2. The van der Waals surface area contributed by atoms with E-state index < -0.39 is 0 Å². The average Bonchev–Trinajstić information content (AvgIpc) is 2.77. The Morgan fingerprint density at radius 2 is 1.67 bits per heavy atom. The molecule has 0 radical (unpaired) electrons. The van der Waals surface area contributed by atoms with E-state index >= 15 is 0 Å². The van der Waals surface area contributed by atoms with Crippen LogP contribution < -0.4 is 10.2 Å². The van der Waals surface area contributed by atoms with Gasteiger partial charge in [-0.3, -0.25) is 14.5 Å². The molecule has 0 spiro atoms. The van der Waals surface area contributed by atoms with Gasteiger partial charge in [0.1, 0.15) is 0 Å². The second-order valence-corrected chi connectivity index (χ2v) is 8.11. The number of piperazine rings is 1. The Hall–Kier alpha value is -2.66. The van der Waals surface area contributed by atoms with E-state index in [2.05, 4.69) is 39.4 Å². The number of para-hydroxylation sites is 1.